The van der Waals surface area contributed by atoms with Gasteiger partial charge in [-0.2, -0.15) is 0 Å². The highest BCUT2D eigenvalue weighted by atomic mass is 16.6. The van der Waals surface area contributed by atoms with Gasteiger partial charge in [-0.3, -0.25) is 28.8 Å². The fourth-order valence-electron chi connectivity index (χ4n) is 6.72. The highest BCUT2D eigenvalue weighted by molar-refractivity contribution is 6.38. The van der Waals surface area contributed by atoms with Crippen molar-refractivity contribution in [3.63, 3.8) is 0 Å². The summed E-state index contributed by atoms with van der Waals surface area (Å²) >= 11 is 0. The number of amides is 4. The first-order valence-electron chi connectivity index (χ1n) is 18.1. The van der Waals surface area contributed by atoms with E-state index in [1.165, 1.54) is 9.80 Å². The molecule has 1 aromatic carbocycles. The van der Waals surface area contributed by atoms with E-state index >= 15 is 0 Å². The summed E-state index contributed by atoms with van der Waals surface area (Å²) in [6.45, 7) is 7.71. The first-order valence-corrected chi connectivity index (χ1v) is 18.1. The highest BCUT2D eigenvalue weighted by Gasteiger charge is 2.43. The molecule has 12 nitrogen and oxygen atoms in total. The van der Waals surface area contributed by atoms with Gasteiger partial charge in [-0.15, -0.1) is 0 Å². The van der Waals surface area contributed by atoms with Gasteiger partial charge in [-0.05, 0) is 55.9 Å². The summed E-state index contributed by atoms with van der Waals surface area (Å²) in [5, 5.41) is 5.45. The second-order valence-electron chi connectivity index (χ2n) is 14.9. The molecule has 0 bridgehead atoms. The zero-order valence-corrected chi connectivity index (χ0v) is 30.6. The lowest BCUT2D eigenvalue weighted by atomic mass is 9.85. The Morgan fingerprint density at radius 1 is 0.900 bits per heavy atom. The van der Waals surface area contributed by atoms with Crippen molar-refractivity contribution in [3.8, 4) is 0 Å². The van der Waals surface area contributed by atoms with Crippen molar-refractivity contribution in [3.05, 3.63) is 35.9 Å². The molecule has 4 atom stereocenters. The second-order valence-corrected chi connectivity index (χ2v) is 14.9. The maximum atomic E-state index is 13.9. The van der Waals surface area contributed by atoms with Crippen LogP contribution in [-0.2, 0) is 33.5 Å². The Labute approximate surface area is 296 Å². The summed E-state index contributed by atoms with van der Waals surface area (Å²) < 4.78 is 5.63. The third-order valence-electron chi connectivity index (χ3n) is 9.54. The lowest BCUT2D eigenvalue weighted by Gasteiger charge is -2.35. The molecule has 2 fully saturated rings. The van der Waals surface area contributed by atoms with Crippen molar-refractivity contribution in [1.82, 2.24) is 20.4 Å². The second kappa shape index (κ2) is 18.8. The first-order chi connectivity index (χ1) is 23.6. The standard InChI is InChI=1S/C38H56N4O8/c1-7-15-26(33(46)29(43)21-22-31(45)39-32(35(47)41(5)6)25-16-10-8-11-17-25)24-30(44)28-20-14-23-42(28)36(48)34(38(2,3)4)40-37(49)50-27-18-12-9-13-19-27/h8,10-11,16-17,26-28,32,34H,7,9,12-15,18-24H2,1-6H3,(H,39,45)(H,40,49)/t26?,28-,32-,34+/m0/s1. The number of ketones is 3. The summed E-state index contributed by atoms with van der Waals surface area (Å²) in [4.78, 5) is 95.3. The number of hydrogen-bond acceptors (Lipinski definition) is 8. The minimum absolute atomic E-state index is 0.177. The largest absolute Gasteiger partial charge is 0.446 e. The molecule has 1 aliphatic heterocycles. The Morgan fingerprint density at radius 2 is 1.56 bits per heavy atom. The molecule has 1 saturated heterocycles. The predicted octanol–water partition coefficient (Wildman–Crippen LogP) is 4.69. The first kappa shape index (κ1) is 40.3. The molecule has 1 aromatic rings. The van der Waals surface area contributed by atoms with E-state index in [0.717, 1.165) is 32.1 Å². The van der Waals surface area contributed by atoms with E-state index in [-0.39, 0.29) is 43.0 Å². The van der Waals surface area contributed by atoms with Crippen molar-refractivity contribution in [2.24, 2.45) is 11.3 Å². The molecule has 50 heavy (non-hydrogen) atoms. The van der Waals surface area contributed by atoms with Crippen LogP contribution in [0.2, 0.25) is 0 Å². The number of benzene rings is 1. The van der Waals surface area contributed by atoms with Crippen molar-refractivity contribution in [2.75, 3.05) is 20.6 Å². The number of nitrogens with one attached hydrogen (secondary N) is 2. The summed E-state index contributed by atoms with van der Waals surface area (Å²) in [6.07, 6.45) is 4.87. The molecule has 2 N–H and O–H groups in total. The lowest BCUT2D eigenvalue weighted by molar-refractivity contribution is -0.143. The average molecular weight is 697 g/mol. The molecule has 1 saturated carbocycles. The Balaban J connectivity index is 1.62. The molecular weight excluding hydrogens is 640 g/mol. The number of alkyl carbamates (subject to hydrolysis) is 1. The molecule has 0 radical (unpaired) electrons. The monoisotopic (exact) mass is 696 g/mol. The van der Waals surface area contributed by atoms with Crippen LogP contribution in [0.15, 0.2) is 30.3 Å². The fraction of sp³-hybridized carbons (Fsp3) is 0.658. The third-order valence-corrected chi connectivity index (χ3v) is 9.54. The van der Waals surface area contributed by atoms with Crippen LogP contribution in [0.1, 0.15) is 116 Å². The number of likely N-dealkylation sites (tertiary alicyclic amines) is 1. The lowest BCUT2D eigenvalue weighted by Crippen LogP contribution is -2.57. The van der Waals surface area contributed by atoms with Crippen LogP contribution in [0.25, 0.3) is 0 Å². The van der Waals surface area contributed by atoms with Crippen LogP contribution in [0.3, 0.4) is 0 Å². The molecule has 1 heterocycles. The van der Waals surface area contributed by atoms with Crippen LogP contribution >= 0.6 is 0 Å². The summed E-state index contributed by atoms with van der Waals surface area (Å²) in [5.74, 6) is -3.92. The summed E-state index contributed by atoms with van der Waals surface area (Å²) in [7, 11) is 3.16. The number of hydrogen-bond donors (Lipinski definition) is 2. The van der Waals surface area contributed by atoms with Gasteiger partial charge in [-0.1, -0.05) is 70.9 Å². The van der Waals surface area contributed by atoms with E-state index in [4.69, 9.17) is 4.74 Å². The van der Waals surface area contributed by atoms with Gasteiger partial charge >= 0.3 is 6.09 Å². The van der Waals surface area contributed by atoms with E-state index in [9.17, 15) is 33.6 Å². The minimum atomic E-state index is -0.942. The Hall–Kier alpha value is -4.09. The zero-order valence-electron chi connectivity index (χ0n) is 30.6. The molecule has 276 valence electrons. The minimum Gasteiger partial charge on any atom is -0.446 e. The van der Waals surface area contributed by atoms with Gasteiger partial charge in [0.25, 0.3) is 0 Å². The van der Waals surface area contributed by atoms with Crippen LogP contribution in [0, 0.1) is 11.3 Å². The van der Waals surface area contributed by atoms with Gasteiger partial charge in [0.15, 0.2) is 11.6 Å². The van der Waals surface area contributed by atoms with E-state index in [0.29, 0.717) is 37.8 Å². The highest BCUT2D eigenvalue weighted by Crippen LogP contribution is 2.29. The van der Waals surface area contributed by atoms with Crippen LogP contribution in [0.4, 0.5) is 4.79 Å². The van der Waals surface area contributed by atoms with Gasteiger partial charge in [-0.25, -0.2) is 4.79 Å². The van der Waals surface area contributed by atoms with Gasteiger partial charge < -0.3 is 25.2 Å². The summed E-state index contributed by atoms with van der Waals surface area (Å²) in [6, 6.07) is 6.10. The molecule has 12 heteroatoms. The molecule has 0 spiro atoms. The van der Waals surface area contributed by atoms with E-state index in [1.807, 2.05) is 27.7 Å². The molecule has 1 unspecified atom stereocenters. The van der Waals surface area contributed by atoms with Crippen LogP contribution in [0.5, 0.6) is 0 Å². The van der Waals surface area contributed by atoms with Crippen molar-refractivity contribution >= 4 is 41.2 Å². The smallest absolute Gasteiger partial charge is 0.408 e. The quantitative estimate of drug-likeness (QED) is 0.236. The van der Waals surface area contributed by atoms with E-state index in [1.54, 1.807) is 44.4 Å². The maximum absolute atomic E-state index is 13.9. The molecule has 1 aliphatic carbocycles. The molecule has 2 aliphatic rings. The predicted molar refractivity (Wildman–Crippen MR) is 188 cm³/mol. The topological polar surface area (TPSA) is 159 Å². The van der Waals surface area contributed by atoms with Crippen LogP contribution < -0.4 is 10.6 Å². The number of nitrogens with zero attached hydrogens (tertiary/aromatic N) is 2. The van der Waals surface area contributed by atoms with Crippen molar-refractivity contribution < 1.29 is 38.3 Å². The van der Waals surface area contributed by atoms with E-state index in [2.05, 4.69) is 10.6 Å². The normalized spacial score (nSPS) is 18.4. The number of Topliss-reactive ketones (excluding diaryl/α,β-unsaturated/α-hetero) is 3. The van der Waals surface area contributed by atoms with Gasteiger partial charge in [0.05, 0.1) is 6.04 Å². The molecule has 3 rings (SSSR count). The molecular formula is C38H56N4O8. The fourth-order valence-corrected chi connectivity index (χ4v) is 6.72. The molecule has 4 amide bonds. The Kier molecular flexibility index (Phi) is 15.1. The van der Waals surface area contributed by atoms with Gasteiger partial charge in [0, 0.05) is 45.8 Å². The van der Waals surface area contributed by atoms with Crippen molar-refractivity contribution in [2.45, 2.75) is 129 Å². The van der Waals surface area contributed by atoms with Gasteiger partial charge in [0.2, 0.25) is 23.5 Å². The molecule has 0 aromatic heterocycles. The zero-order chi connectivity index (χ0) is 37.0. The third kappa shape index (κ3) is 11.5. The Morgan fingerprint density at radius 3 is 2.16 bits per heavy atom. The van der Waals surface area contributed by atoms with Gasteiger partial charge in [0.1, 0.15) is 18.2 Å². The van der Waals surface area contributed by atoms with Crippen molar-refractivity contribution in [1.29, 1.82) is 0 Å². The number of carbonyl (C=O) groups is 7. The number of carbonyl (C=O) groups excluding carboxylic acids is 7. The average Bonchev–Trinajstić information content (AvgIpc) is 3.58. The number of likely N-dealkylation sites (N-methyl/N-ethyl adjacent to an activating group) is 1. The van der Waals surface area contributed by atoms with E-state index < -0.39 is 53.0 Å². The summed E-state index contributed by atoms with van der Waals surface area (Å²) in [5.41, 5.74) is -0.0778. The number of ether oxygens (including phenoxy) is 1. The number of rotatable bonds is 16. The maximum Gasteiger partial charge on any atom is 0.408 e. The van der Waals surface area contributed by atoms with Crippen LogP contribution in [-0.4, -0.2) is 89.8 Å². The Bertz CT molecular complexity index is 1370. The SMILES string of the molecule is CCCC(CC(=O)[C@@H]1CCCN1C(=O)[C@@H](NC(=O)OC1CCCCC1)C(C)(C)C)C(=O)C(=O)CCC(=O)N[C@H](C(=O)N(C)C)c1ccccc1.